The SMILES string of the molecule is COc1ccnc(NCC2(SC)CC2)n1. The van der Waals surface area contributed by atoms with Crippen molar-refractivity contribution in [1.82, 2.24) is 9.97 Å². The molecule has 0 aliphatic heterocycles. The number of rotatable bonds is 5. The number of methoxy groups -OCH3 is 1. The molecule has 0 atom stereocenters. The van der Waals surface area contributed by atoms with E-state index in [1.54, 1.807) is 19.4 Å². The lowest BCUT2D eigenvalue weighted by molar-refractivity contribution is 0.397. The van der Waals surface area contributed by atoms with Crippen LogP contribution in [-0.2, 0) is 0 Å². The molecule has 82 valence electrons. The van der Waals surface area contributed by atoms with Gasteiger partial charge in [0.05, 0.1) is 7.11 Å². The molecule has 1 aliphatic rings. The predicted octanol–water partition coefficient (Wildman–Crippen LogP) is 1.79. The van der Waals surface area contributed by atoms with E-state index in [2.05, 4.69) is 21.5 Å². The number of nitrogens with zero attached hydrogens (tertiary/aromatic N) is 2. The maximum atomic E-state index is 5.03. The first kappa shape index (κ1) is 10.5. The summed E-state index contributed by atoms with van der Waals surface area (Å²) < 4.78 is 5.46. The zero-order chi connectivity index (χ0) is 10.7. The first-order valence-corrected chi connectivity index (χ1v) is 6.16. The maximum absolute atomic E-state index is 5.03. The molecule has 0 aromatic carbocycles. The molecule has 1 saturated carbocycles. The quantitative estimate of drug-likeness (QED) is 0.828. The monoisotopic (exact) mass is 225 g/mol. The lowest BCUT2D eigenvalue weighted by atomic mass is 10.4. The van der Waals surface area contributed by atoms with E-state index in [0.717, 1.165) is 6.54 Å². The van der Waals surface area contributed by atoms with Crippen LogP contribution in [0, 0.1) is 0 Å². The molecule has 0 unspecified atom stereocenters. The van der Waals surface area contributed by atoms with Gasteiger partial charge in [0.25, 0.3) is 0 Å². The van der Waals surface area contributed by atoms with Gasteiger partial charge in [0, 0.05) is 23.6 Å². The van der Waals surface area contributed by atoms with E-state index in [0.29, 0.717) is 16.6 Å². The largest absolute Gasteiger partial charge is 0.481 e. The number of aromatic nitrogens is 2. The minimum absolute atomic E-state index is 0.423. The van der Waals surface area contributed by atoms with Crippen LogP contribution in [-0.4, -0.2) is 34.6 Å². The number of thioether (sulfide) groups is 1. The Labute approximate surface area is 93.8 Å². The summed E-state index contributed by atoms with van der Waals surface area (Å²) in [6.07, 6.45) is 6.42. The lowest BCUT2D eigenvalue weighted by Gasteiger charge is -2.12. The molecule has 1 aromatic heterocycles. The topological polar surface area (TPSA) is 47.0 Å². The standard InChI is InChI=1S/C10H15N3OS/c1-14-8-3-6-11-9(13-8)12-7-10(15-2)4-5-10/h3,6H,4-5,7H2,1-2H3,(H,11,12,13). The van der Waals surface area contributed by atoms with Gasteiger partial charge >= 0.3 is 0 Å². The molecular weight excluding hydrogens is 210 g/mol. The molecular formula is C10H15N3OS. The van der Waals surface area contributed by atoms with E-state index >= 15 is 0 Å². The molecule has 1 aromatic rings. The highest BCUT2D eigenvalue weighted by Gasteiger charge is 2.41. The molecule has 1 N–H and O–H groups in total. The summed E-state index contributed by atoms with van der Waals surface area (Å²) >= 11 is 1.92. The Hall–Kier alpha value is -0.970. The molecule has 0 amide bonds. The highest BCUT2D eigenvalue weighted by molar-refractivity contribution is 8.00. The molecule has 15 heavy (non-hydrogen) atoms. The second kappa shape index (κ2) is 4.26. The van der Waals surface area contributed by atoms with Crippen LogP contribution in [0.4, 0.5) is 5.95 Å². The Morgan fingerprint density at radius 2 is 2.40 bits per heavy atom. The molecule has 1 fully saturated rings. The molecule has 1 heterocycles. The number of nitrogens with one attached hydrogen (secondary N) is 1. The van der Waals surface area contributed by atoms with E-state index in [-0.39, 0.29) is 0 Å². The molecule has 0 spiro atoms. The average Bonchev–Trinajstić information content (AvgIpc) is 3.07. The van der Waals surface area contributed by atoms with Gasteiger partial charge in [-0.1, -0.05) is 0 Å². The molecule has 0 bridgehead atoms. The minimum atomic E-state index is 0.423. The Morgan fingerprint density at radius 3 is 3.00 bits per heavy atom. The van der Waals surface area contributed by atoms with Crippen LogP contribution in [0.5, 0.6) is 5.88 Å². The fourth-order valence-electron chi connectivity index (χ4n) is 1.37. The van der Waals surface area contributed by atoms with Crippen molar-refractivity contribution in [3.8, 4) is 5.88 Å². The van der Waals surface area contributed by atoms with Gasteiger partial charge in [-0.2, -0.15) is 16.7 Å². The van der Waals surface area contributed by atoms with Gasteiger partial charge < -0.3 is 10.1 Å². The predicted molar refractivity (Wildman–Crippen MR) is 62.6 cm³/mol. The fourth-order valence-corrected chi connectivity index (χ4v) is 2.10. The molecule has 0 saturated heterocycles. The van der Waals surface area contributed by atoms with Crippen molar-refractivity contribution in [3.63, 3.8) is 0 Å². The third-order valence-corrected chi connectivity index (χ3v) is 4.07. The van der Waals surface area contributed by atoms with Gasteiger partial charge in [-0.05, 0) is 19.1 Å². The van der Waals surface area contributed by atoms with Gasteiger partial charge in [0.15, 0.2) is 0 Å². The summed E-state index contributed by atoms with van der Waals surface area (Å²) in [6, 6.07) is 1.74. The van der Waals surface area contributed by atoms with Gasteiger partial charge in [0.2, 0.25) is 11.8 Å². The fraction of sp³-hybridized carbons (Fsp3) is 0.600. The van der Waals surface area contributed by atoms with E-state index in [4.69, 9.17) is 4.74 Å². The van der Waals surface area contributed by atoms with Crippen molar-refractivity contribution in [2.75, 3.05) is 25.2 Å². The van der Waals surface area contributed by atoms with Crippen LogP contribution in [0.3, 0.4) is 0 Å². The van der Waals surface area contributed by atoms with Crippen molar-refractivity contribution < 1.29 is 4.74 Å². The molecule has 5 heteroatoms. The normalized spacial score (nSPS) is 17.2. The van der Waals surface area contributed by atoms with Crippen molar-refractivity contribution in [1.29, 1.82) is 0 Å². The van der Waals surface area contributed by atoms with Crippen molar-refractivity contribution in [2.24, 2.45) is 0 Å². The maximum Gasteiger partial charge on any atom is 0.225 e. The van der Waals surface area contributed by atoms with Gasteiger partial charge in [-0.3, -0.25) is 0 Å². The average molecular weight is 225 g/mol. The van der Waals surface area contributed by atoms with E-state index in [1.807, 2.05) is 11.8 Å². The highest BCUT2D eigenvalue weighted by Crippen LogP contribution is 2.46. The molecule has 1 aliphatic carbocycles. The first-order chi connectivity index (χ1) is 7.28. The third kappa shape index (κ3) is 2.53. The Kier molecular flexibility index (Phi) is 3.00. The van der Waals surface area contributed by atoms with Crippen LogP contribution in [0.1, 0.15) is 12.8 Å². The molecule has 2 rings (SSSR count). The molecule has 0 radical (unpaired) electrons. The van der Waals surface area contributed by atoms with Crippen LogP contribution in [0.15, 0.2) is 12.3 Å². The zero-order valence-electron chi connectivity index (χ0n) is 8.99. The van der Waals surface area contributed by atoms with E-state index in [1.165, 1.54) is 12.8 Å². The lowest BCUT2D eigenvalue weighted by Crippen LogP contribution is -2.18. The summed E-state index contributed by atoms with van der Waals surface area (Å²) in [5, 5.41) is 3.25. The Balaban J connectivity index is 1.93. The number of anilines is 1. The zero-order valence-corrected chi connectivity index (χ0v) is 9.80. The third-order valence-electron chi connectivity index (χ3n) is 2.65. The van der Waals surface area contributed by atoms with Crippen molar-refractivity contribution in [3.05, 3.63) is 12.3 Å². The van der Waals surface area contributed by atoms with Crippen LogP contribution in [0.25, 0.3) is 0 Å². The first-order valence-electron chi connectivity index (χ1n) is 4.94. The van der Waals surface area contributed by atoms with E-state index < -0.39 is 0 Å². The van der Waals surface area contributed by atoms with E-state index in [9.17, 15) is 0 Å². The smallest absolute Gasteiger partial charge is 0.225 e. The van der Waals surface area contributed by atoms with Crippen molar-refractivity contribution in [2.45, 2.75) is 17.6 Å². The number of ether oxygens (including phenoxy) is 1. The number of hydrogen-bond donors (Lipinski definition) is 1. The molecule has 4 nitrogen and oxygen atoms in total. The summed E-state index contributed by atoms with van der Waals surface area (Å²) in [5.74, 6) is 1.25. The minimum Gasteiger partial charge on any atom is -0.481 e. The van der Waals surface area contributed by atoms with Gasteiger partial charge in [-0.15, -0.1) is 0 Å². The summed E-state index contributed by atoms with van der Waals surface area (Å²) in [6.45, 7) is 0.932. The summed E-state index contributed by atoms with van der Waals surface area (Å²) in [4.78, 5) is 8.34. The van der Waals surface area contributed by atoms with Crippen LogP contribution in [0.2, 0.25) is 0 Å². The van der Waals surface area contributed by atoms with Crippen LogP contribution >= 0.6 is 11.8 Å². The van der Waals surface area contributed by atoms with Gasteiger partial charge in [0.1, 0.15) is 0 Å². The second-order valence-corrected chi connectivity index (χ2v) is 4.94. The number of hydrogen-bond acceptors (Lipinski definition) is 5. The summed E-state index contributed by atoms with van der Waals surface area (Å²) in [5.41, 5.74) is 0. The van der Waals surface area contributed by atoms with Crippen molar-refractivity contribution >= 4 is 17.7 Å². The summed E-state index contributed by atoms with van der Waals surface area (Å²) in [7, 11) is 1.61. The Bertz CT molecular complexity index is 341. The highest BCUT2D eigenvalue weighted by atomic mass is 32.2. The second-order valence-electron chi connectivity index (χ2n) is 3.66. The van der Waals surface area contributed by atoms with Gasteiger partial charge in [-0.25, -0.2) is 4.98 Å². The van der Waals surface area contributed by atoms with Crippen LogP contribution < -0.4 is 10.1 Å². The Morgan fingerprint density at radius 1 is 1.60 bits per heavy atom.